The van der Waals surface area contributed by atoms with E-state index in [1.165, 1.54) is 23.9 Å². The molecule has 20 heavy (non-hydrogen) atoms. The number of non-ortho nitro benzene ring substituents is 1. The van der Waals surface area contributed by atoms with Gasteiger partial charge >= 0.3 is 0 Å². The zero-order valence-electron chi connectivity index (χ0n) is 12.0. The molecule has 1 amide bonds. The standard InChI is InChI=1S/C14H20N2O3S/c1-4-5-10-15(3)14(17)11(2)20-13-8-6-12(7-9-13)16(18)19/h6-9,11H,4-5,10H2,1-3H3. The second-order valence-corrected chi connectivity index (χ2v) is 6.04. The molecule has 6 heteroatoms. The quantitative estimate of drug-likeness (QED) is 0.440. The van der Waals surface area contributed by atoms with Gasteiger partial charge in [-0.3, -0.25) is 14.9 Å². The van der Waals surface area contributed by atoms with Crippen LogP contribution in [-0.4, -0.2) is 34.6 Å². The Morgan fingerprint density at radius 2 is 2.00 bits per heavy atom. The van der Waals surface area contributed by atoms with Gasteiger partial charge in [0.2, 0.25) is 5.91 Å². The van der Waals surface area contributed by atoms with Gasteiger partial charge in [0.15, 0.2) is 0 Å². The Kier molecular flexibility index (Phi) is 6.51. The number of hydrogen-bond acceptors (Lipinski definition) is 4. The Balaban J connectivity index is 2.58. The van der Waals surface area contributed by atoms with Crippen LogP contribution in [0.15, 0.2) is 29.2 Å². The minimum Gasteiger partial charge on any atom is -0.345 e. The molecule has 0 saturated carbocycles. The highest BCUT2D eigenvalue weighted by Gasteiger charge is 2.18. The van der Waals surface area contributed by atoms with Crippen LogP contribution < -0.4 is 0 Å². The molecule has 0 saturated heterocycles. The zero-order valence-corrected chi connectivity index (χ0v) is 12.9. The summed E-state index contributed by atoms with van der Waals surface area (Å²) in [6.45, 7) is 4.71. The van der Waals surface area contributed by atoms with Crippen molar-refractivity contribution in [1.29, 1.82) is 0 Å². The van der Waals surface area contributed by atoms with Gasteiger partial charge in [0, 0.05) is 30.6 Å². The van der Waals surface area contributed by atoms with Crippen LogP contribution in [0.1, 0.15) is 26.7 Å². The molecule has 0 radical (unpaired) electrons. The highest BCUT2D eigenvalue weighted by atomic mass is 32.2. The number of benzene rings is 1. The summed E-state index contributed by atoms with van der Waals surface area (Å²) in [6, 6.07) is 6.28. The lowest BCUT2D eigenvalue weighted by Gasteiger charge is -2.20. The molecule has 110 valence electrons. The molecule has 0 fully saturated rings. The van der Waals surface area contributed by atoms with E-state index in [1.54, 1.807) is 17.0 Å². The number of nitrogens with zero attached hydrogens (tertiary/aromatic N) is 2. The Labute approximate surface area is 123 Å². The number of hydrogen-bond donors (Lipinski definition) is 0. The predicted octanol–water partition coefficient (Wildman–Crippen LogP) is 3.33. The lowest BCUT2D eigenvalue weighted by molar-refractivity contribution is -0.384. The fourth-order valence-electron chi connectivity index (χ4n) is 1.72. The largest absolute Gasteiger partial charge is 0.345 e. The van der Waals surface area contributed by atoms with Crippen molar-refractivity contribution in [1.82, 2.24) is 4.90 Å². The first kappa shape index (κ1) is 16.5. The Bertz CT molecular complexity index is 462. The van der Waals surface area contributed by atoms with Gasteiger partial charge in [0.05, 0.1) is 10.2 Å². The lowest BCUT2D eigenvalue weighted by Crippen LogP contribution is -2.33. The van der Waals surface area contributed by atoms with Crippen LogP contribution in [0.4, 0.5) is 5.69 Å². The van der Waals surface area contributed by atoms with Gasteiger partial charge in [-0.05, 0) is 25.5 Å². The average molecular weight is 296 g/mol. The number of carbonyl (C=O) groups is 1. The van der Waals surface area contributed by atoms with E-state index >= 15 is 0 Å². The Morgan fingerprint density at radius 3 is 2.50 bits per heavy atom. The molecule has 0 aromatic heterocycles. The molecule has 0 aliphatic carbocycles. The summed E-state index contributed by atoms with van der Waals surface area (Å²) < 4.78 is 0. The third kappa shape index (κ3) is 4.85. The molecular weight excluding hydrogens is 276 g/mol. The van der Waals surface area contributed by atoms with Gasteiger partial charge in [-0.2, -0.15) is 0 Å². The molecule has 1 aromatic carbocycles. The van der Waals surface area contributed by atoms with E-state index in [1.807, 2.05) is 14.0 Å². The topological polar surface area (TPSA) is 63.5 Å². The van der Waals surface area contributed by atoms with Crippen molar-refractivity contribution in [2.75, 3.05) is 13.6 Å². The maximum absolute atomic E-state index is 12.1. The van der Waals surface area contributed by atoms with Crippen LogP contribution in [0.25, 0.3) is 0 Å². The lowest BCUT2D eigenvalue weighted by atomic mass is 10.3. The number of thioether (sulfide) groups is 1. The number of nitro groups is 1. The smallest absolute Gasteiger partial charge is 0.269 e. The number of nitro benzene ring substituents is 1. The van der Waals surface area contributed by atoms with Crippen molar-refractivity contribution in [2.24, 2.45) is 0 Å². The second kappa shape index (κ2) is 7.89. The van der Waals surface area contributed by atoms with E-state index < -0.39 is 4.92 Å². The summed E-state index contributed by atoms with van der Waals surface area (Å²) in [5.41, 5.74) is 0.0633. The molecule has 1 aromatic rings. The highest BCUT2D eigenvalue weighted by molar-refractivity contribution is 8.00. The van der Waals surface area contributed by atoms with Crippen LogP contribution in [0.5, 0.6) is 0 Å². The third-order valence-corrected chi connectivity index (χ3v) is 4.03. The van der Waals surface area contributed by atoms with Crippen LogP contribution in [0.3, 0.4) is 0 Å². The van der Waals surface area contributed by atoms with Gasteiger partial charge in [-0.1, -0.05) is 13.3 Å². The molecule has 0 spiro atoms. The van der Waals surface area contributed by atoms with Gasteiger partial charge < -0.3 is 4.90 Å². The Hall–Kier alpha value is -1.56. The first-order valence-corrected chi connectivity index (χ1v) is 7.49. The molecule has 1 rings (SSSR count). The molecule has 0 N–H and O–H groups in total. The average Bonchev–Trinajstić information content (AvgIpc) is 2.44. The zero-order chi connectivity index (χ0) is 15.1. The van der Waals surface area contributed by atoms with Gasteiger partial charge in [0.25, 0.3) is 5.69 Å². The second-order valence-electron chi connectivity index (χ2n) is 4.62. The minimum absolute atomic E-state index is 0.0633. The molecule has 1 atom stereocenters. The van der Waals surface area contributed by atoms with E-state index in [9.17, 15) is 14.9 Å². The number of rotatable bonds is 7. The number of amides is 1. The Morgan fingerprint density at radius 1 is 1.40 bits per heavy atom. The fourth-order valence-corrected chi connectivity index (χ4v) is 2.70. The summed E-state index contributed by atoms with van der Waals surface area (Å²) in [6.07, 6.45) is 2.05. The molecule has 0 bridgehead atoms. The van der Waals surface area contributed by atoms with Gasteiger partial charge in [-0.15, -0.1) is 11.8 Å². The van der Waals surface area contributed by atoms with Crippen LogP contribution in [0.2, 0.25) is 0 Å². The number of unbranched alkanes of at least 4 members (excludes halogenated alkanes) is 1. The first-order chi connectivity index (χ1) is 9.45. The van der Waals surface area contributed by atoms with Crippen molar-refractivity contribution in [3.05, 3.63) is 34.4 Å². The van der Waals surface area contributed by atoms with Crippen molar-refractivity contribution >= 4 is 23.4 Å². The van der Waals surface area contributed by atoms with Crippen LogP contribution in [0, 0.1) is 10.1 Å². The van der Waals surface area contributed by atoms with Crippen molar-refractivity contribution in [3.63, 3.8) is 0 Å². The fraction of sp³-hybridized carbons (Fsp3) is 0.500. The summed E-state index contributed by atoms with van der Waals surface area (Å²) >= 11 is 1.42. The van der Waals surface area contributed by atoms with Crippen molar-refractivity contribution in [3.8, 4) is 0 Å². The monoisotopic (exact) mass is 296 g/mol. The highest BCUT2D eigenvalue weighted by Crippen LogP contribution is 2.26. The van der Waals surface area contributed by atoms with Crippen molar-refractivity contribution < 1.29 is 9.72 Å². The van der Waals surface area contributed by atoms with Crippen LogP contribution >= 0.6 is 11.8 Å². The van der Waals surface area contributed by atoms with E-state index in [0.717, 1.165) is 24.3 Å². The van der Waals surface area contributed by atoms with Crippen LogP contribution in [-0.2, 0) is 4.79 Å². The summed E-state index contributed by atoms with van der Waals surface area (Å²) in [5, 5.41) is 10.4. The SMILES string of the molecule is CCCCN(C)C(=O)C(C)Sc1ccc([N+](=O)[O-])cc1. The maximum Gasteiger partial charge on any atom is 0.269 e. The molecule has 5 nitrogen and oxygen atoms in total. The van der Waals surface area contributed by atoms with E-state index in [0.29, 0.717) is 0 Å². The van der Waals surface area contributed by atoms with E-state index in [4.69, 9.17) is 0 Å². The maximum atomic E-state index is 12.1. The van der Waals surface area contributed by atoms with E-state index in [2.05, 4.69) is 6.92 Å². The molecular formula is C14H20N2O3S. The predicted molar refractivity (Wildman–Crippen MR) is 81.0 cm³/mol. The van der Waals surface area contributed by atoms with Gasteiger partial charge in [-0.25, -0.2) is 0 Å². The molecule has 0 heterocycles. The molecule has 0 aliphatic rings. The van der Waals surface area contributed by atoms with Crippen molar-refractivity contribution in [2.45, 2.75) is 36.8 Å². The summed E-state index contributed by atoms with van der Waals surface area (Å²) in [5.74, 6) is 0.0850. The van der Waals surface area contributed by atoms with Gasteiger partial charge in [0.1, 0.15) is 0 Å². The summed E-state index contributed by atoms with van der Waals surface area (Å²) in [4.78, 5) is 24.9. The summed E-state index contributed by atoms with van der Waals surface area (Å²) in [7, 11) is 1.81. The third-order valence-electron chi connectivity index (χ3n) is 2.93. The minimum atomic E-state index is -0.429. The normalized spacial score (nSPS) is 11.9. The first-order valence-electron chi connectivity index (χ1n) is 6.61. The van der Waals surface area contributed by atoms with E-state index in [-0.39, 0.29) is 16.8 Å². The number of carbonyl (C=O) groups excluding carboxylic acids is 1. The molecule has 1 unspecified atom stereocenters. The molecule has 0 aliphatic heterocycles.